The number of aliphatic carboxylic acids is 1. The first-order chi connectivity index (χ1) is 6.70. The molecule has 2 N–H and O–H groups in total. The summed E-state index contributed by atoms with van der Waals surface area (Å²) in [5, 5.41) is 12.1. The first-order valence-corrected chi connectivity index (χ1v) is 4.57. The van der Waals surface area contributed by atoms with E-state index in [1.807, 2.05) is 6.92 Å². The first kappa shape index (κ1) is 9.15. The van der Waals surface area contributed by atoms with Crippen LogP contribution in [0.3, 0.4) is 0 Å². The standard InChI is InChI=1S/C10H12N2O2/c1-6-2-11-3-7-4-12-5-8(9(6)7)10(13)14/h2-3,8,12H,4-5H2,1H3,(H,13,14). The summed E-state index contributed by atoms with van der Waals surface area (Å²) < 4.78 is 0. The molecule has 1 aliphatic heterocycles. The van der Waals surface area contributed by atoms with Crippen molar-refractivity contribution in [2.24, 2.45) is 0 Å². The number of nitrogens with zero attached hydrogens (tertiary/aromatic N) is 1. The van der Waals surface area contributed by atoms with Gasteiger partial charge in [0, 0.05) is 25.5 Å². The highest BCUT2D eigenvalue weighted by molar-refractivity contribution is 5.78. The van der Waals surface area contributed by atoms with E-state index in [9.17, 15) is 4.79 Å². The van der Waals surface area contributed by atoms with Gasteiger partial charge < -0.3 is 10.4 Å². The number of hydrogen-bond donors (Lipinski definition) is 2. The maximum absolute atomic E-state index is 11.0. The summed E-state index contributed by atoms with van der Waals surface area (Å²) in [6.45, 7) is 3.13. The van der Waals surface area contributed by atoms with Crippen LogP contribution in [0.15, 0.2) is 12.4 Å². The van der Waals surface area contributed by atoms with Crippen molar-refractivity contribution in [3.63, 3.8) is 0 Å². The summed E-state index contributed by atoms with van der Waals surface area (Å²) in [4.78, 5) is 15.1. The van der Waals surface area contributed by atoms with Crippen molar-refractivity contribution in [1.29, 1.82) is 0 Å². The maximum atomic E-state index is 11.0. The Balaban J connectivity index is 2.52. The monoisotopic (exact) mass is 192 g/mol. The fraction of sp³-hybridized carbons (Fsp3) is 0.400. The summed E-state index contributed by atoms with van der Waals surface area (Å²) in [7, 11) is 0. The fourth-order valence-corrected chi connectivity index (χ4v) is 1.93. The molecule has 1 unspecified atom stereocenters. The third-order valence-corrected chi connectivity index (χ3v) is 2.58. The Bertz CT molecular complexity index is 376. The largest absolute Gasteiger partial charge is 0.481 e. The number of carboxylic acid groups (broad SMARTS) is 1. The average Bonchev–Trinajstić information content (AvgIpc) is 2.17. The molecule has 0 bridgehead atoms. The van der Waals surface area contributed by atoms with Gasteiger partial charge in [-0.1, -0.05) is 0 Å². The highest BCUT2D eigenvalue weighted by Gasteiger charge is 2.27. The number of fused-ring (bicyclic) bond motifs is 1. The molecule has 1 aliphatic rings. The zero-order chi connectivity index (χ0) is 10.1. The minimum absolute atomic E-state index is 0.429. The molecule has 1 aromatic heterocycles. The van der Waals surface area contributed by atoms with E-state index in [2.05, 4.69) is 10.3 Å². The predicted octanol–water partition coefficient (Wildman–Crippen LogP) is 0.661. The van der Waals surface area contributed by atoms with E-state index < -0.39 is 11.9 Å². The molecule has 4 nitrogen and oxygen atoms in total. The van der Waals surface area contributed by atoms with Crippen molar-refractivity contribution in [3.8, 4) is 0 Å². The van der Waals surface area contributed by atoms with Crippen LogP contribution in [0.25, 0.3) is 0 Å². The van der Waals surface area contributed by atoms with Crippen molar-refractivity contribution >= 4 is 5.97 Å². The van der Waals surface area contributed by atoms with Gasteiger partial charge in [0.1, 0.15) is 0 Å². The molecular formula is C10H12N2O2. The van der Waals surface area contributed by atoms with Crippen LogP contribution in [-0.4, -0.2) is 22.6 Å². The molecule has 0 saturated heterocycles. The highest BCUT2D eigenvalue weighted by Crippen LogP contribution is 2.26. The molecule has 0 aromatic carbocycles. The lowest BCUT2D eigenvalue weighted by Gasteiger charge is -2.24. The lowest BCUT2D eigenvalue weighted by atomic mass is 9.89. The number of hydrogen-bond acceptors (Lipinski definition) is 3. The maximum Gasteiger partial charge on any atom is 0.312 e. The van der Waals surface area contributed by atoms with Gasteiger partial charge in [-0.15, -0.1) is 0 Å². The lowest BCUT2D eigenvalue weighted by molar-refractivity contribution is -0.138. The van der Waals surface area contributed by atoms with Crippen LogP contribution in [0.4, 0.5) is 0 Å². The Morgan fingerprint density at radius 3 is 3.14 bits per heavy atom. The third-order valence-electron chi connectivity index (χ3n) is 2.58. The molecule has 1 aromatic rings. The number of pyridine rings is 1. The second-order valence-electron chi connectivity index (χ2n) is 3.55. The van der Waals surface area contributed by atoms with Crippen LogP contribution in [0, 0.1) is 6.92 Å². The zero-order valence-electron chi connectivity index (χ0n) is 7.95. The van der Waals surface area contributed by atoms with Crippen LogP contribution < -0.4 is 5.32 Å². The summed E-state index contributed by atoms with van der Waals surface area (Å²) >= 11 is 0. The Labute approximate surface area is 82.0 Å². The number of nitrogens with one attached hydrogen (secondary N) is 1. The SMILES string of the molecule is Cc1cncc2c1C(C(=O)O)CNC2. The molecule has 4 heteroatoms. The van der Waals surface area contributed by atoms with Gasteiger partial charge in [0.05, 0.1) is 5.92 Å². The van der Waals surface area contributed by atoms with Gasteiger partial charge in [0.15, 0.2) is 0 Å². The van der Waals surface area contributed by atoms with E-state index in [0.29, 0.717) is 13.1 Å². The topological polar surface area (TPSA) is 62.2 Å². The first-order valence-electron chi connectivity index (χ1n) is 4.57. The summed E-state index contributed by atoms with van der Waals surface area (Å²) in [5.74, 6) is -1.20. The molecule has 2 rings (SSSR count). The molecule has 74 valence electrons. The normalized spacial score (nSPS) is 20.2. The molecule has 0 aliphatic carbocycles. The van der Waals surface area contributed by atoms with E-state index in [-0.39, 0.29) is 0 Å². The summed E-state index contributed by atoms with van der Waals surface area (Å²) in [6.07, 6.45) is 3.46. The minimum Gasteiger partial charge on any atom is -0.481 e. The van der Waals surface area contributed by atoms with E-state index in [4.69, 9.17) is 5.11 Å². The average molecular weight is 192 g/mol. The van der Waals surface area contributed by atoms with E-state index in [1.54, 1.807) is 12.4 Å². The molecule has 0 amide bonds. The molecular weight excluding hydrogens is 180 g/mol. The van der Waals surface area contributed by atoms with Crippen molar-refractivity contribution in [2.45, 2.75) is 19.4 Å². The molecule has 0 fully saturated rings. The number of rotatable bonds is 1. The second-order valence-corrected chi connectivity index (χ2v) is 3.55. The van der Waals surface area contributed by atoms with Crippen LogP contribution in [0.1, 0.15) is 22.6 Å². The number of carbonyl (C=O) groups is 1. The molecule has 0 radical (unpaired) electrons. The van der Waals surface area contributed by atoms with Gasteiger partial charge >= 0.3 is 5.97 Å². The van der Waals surface area contributed by atoms with Crippen molar-refractivity contribution in [1.82, 2.24) is 10.3 Å². The summed E-state index contributed by atoms with van der Waals surface area (Å²) in [5.41, 5.74) is 2.91. The molecule has 1 atom stereocenters. The van der Waals surface area contributed by atoms with Gasteiger partial charge in [-0.3, -0.25) is 9.78 Å². The zero-order valence-corrected chi connectivity index (χ0v) is 7.95. The predicted molar refractivity (Wildman–Crippen MR) is 51.1 cm³/mol. The second kappa shape index (κ2) is 3.38. The van der Waals surface area contributed by atoms with Crippen LogP contribution >= 0.6 is 0 Å². The van der Waals surface area contributed by atoms with Crippen molar-refractivity contribution < 1.29 is 9.90 Å². The Kier molecular flexibility index (Phi) is 2.21. The molecule has 0 saturated carbocycles. The van der Waals surface area contributed by atoms with Gasteiger partial charge in [0.25, 0.3) is 0 Å². The van der Waals surface area contributed by atoms with E-state index in [0.717, 1.165) is 16.7 Å². The fourth-order valence-electron chi connectivity index (χ4n) is 1.93. The molecule has 2 heterocycles. The third kappa shape index (κ3) is 1.37. The smallest absolute Gasteiger partial charge is 0.312 e. The highest BCUT2D eigenvalue weighted by atomic mass is 16.4. The number of aryl methyl sites for hydroxylation is 1. The van der Waals surface area contributed by atoms with Crippen LogP contribution in [-0.2, 0) is 11.3 Å². The molecule has 14 heavy (non-hydrogen) atoms. The van der Waals surface area contributed by atoms with Crippen molar-refractivity contribution in [2.75, 3.05) is 6.54 Å². The summed E-state index contributed by atoms with van der Waals surface area (Å²) in [6, 6.07) is 0. The van der Waals surface area contributed by atoms with Gasteiger partial charge in [-0.25, -0.2) is 0 Å². The van der Waals surface area contributed by atoms with E-state index >= 15 is 0 Å². The van der Waals surface area contributed by atoms with Crippen LogP contribution in [0.2, 0.25) is 0 Å². The van der Waals surface area contributed by atoms with Crippen molar-refractivity contribution in [3.05, 3.63) is 29.1 Å². The number of carboxylic acids is 1. The van der Waals surface area contributed by atoms with Crippen LogP contribution in [0.5, 0.6) is 0 Å². The number of aromatic nitrogens is 1. The molecule has 0 spiro atoms. The van der Waals surface area contributed by atoms with Gasteiger partial charge in [-0.2, -0.15) is 0 Å². The quantitative estimate of drug-likeness (QED) is 0.686. The Morgan fingerprint density at radius 1 is 1.64 bits per heavy atom. The lowest BCUT2D eigenvalue weighted by Crippen LogP contribution is -2.33. The Morgan fingerprint density at radius 2 is 2.43 bits per heavy atom. The van der Waals surface area contributed by atoms with E-state index in [1.165, 1.54) is 0 Å². The van der Waals surface area contributed by atoms with Gasteiger partial charge in [-0.05, 0) is 23.6 Å². The van der Waals surface area contributed by atoms with Gasteiger partial charge in [0.2, 0.25) is 0 Å². The Hall–Kier alpha value is -1.42. The minimum atomic E-state index is -0.771.